The van der Waals surface area contributed by atoms with Crippen LogP contribution in [0.15, 0.2) is 29.9 Å². The Morgan fingerprint density at radius 3 is 3.17 bits per heavy atom. The van der Waals surface area contributed by atoms with Crippen molar-refractivity contribution in [2.45, 2.75) is 25.8 Å². The summed E-state index contributed by atoms with van der Waals surface area (Å²) < 4.78 is 1.78. The van der Waals surface area contributed by atoms with E-state index in [0.29, 0.717) is 17.7 Å². The highest BCUT2D eigenvalue weighted by Gasteiger charge is 2.31. The van der Waals surface area contributed by atoms with E-state index in [1.807, 2.05) is 24.3 Å². The first kappa shape index (κ1) is 15.5. The van der Waals surface area contributed by atoms with Gasteiger partial charge in [0, 0.05) is 29.2 Å². The first-order valence-electron chi connectivity index (χ1n) is 8.37. The molecule has 0 bridgehead atoms. The van der Waals surface area contributed by atoms with E-state index in [1.165, 1.54) is 24.3 Å². The third kappa shape index (κ3) is 2.89. The number of piperidine rings is 1. The number of thiophene rings is 1. The predicted molar refractivity (Wildman–Crippen MR) is 96.4 cm³/mol. The molecule has 2 atom stereocenters. The van der Waals surface area contributed by atoms with Gasteiger partial charge in [0.1, 0.15) is 12.1 Å². The number of anilines is 1. The van der Waals surface area contributed by atoms with Crippen molar-refractivity contribution in [2.24, 2.45) is 5.92 Å². The van der Waals surface area contributed by atoms with Crippen molar-refractivity contribution in [3.63, 3.8) is 0 Å². The third-order valence-electron chi connectivity index (χ3n) is 4.77. The molecule has 7 heteroatoms. The topological polar surface area (TPSA) is 58.4 Å². The fourth-order valence-corrected chi connectivity index (χ4v) is 4.66. The van der Waals surface area contributed by atoms with Gasteiger partial charge in [0.05, 0.1) is 0 Å². The van der Waals surface area contributed by atoms with Gasteiger partial charge in [0.25, 0.3) is 5.78 Å². The Morgan fingerprint density at radius 2 is 2.33 bits per heavy atom. The minimum Gasteiger partial charge on any atom is -0.369 e. The molecular formula is C17H22N6S. The summed E-state index contributed by atoms with van der Waals surface area (Å²) in [6, 6.07) is 6.93. The van der Waals surface area contributed by atoms with Crippen molar-refractivity contribution in [3.05, 3.63) is 40.5 Å². The smallest absolute Gasteiger partial charge is 0.254 e. The molecule has 4 heterocycles. The van der Waals surface area contributed by atoms with Gasteiger partial charge in [-0.1, -0.05) is 6.07 Å². The first-order chi connectivity index (χ1) is 11.7. The molecule has 0 aromatic carbocycles. The predicted octanol–water partition coefficient (Wildman–Crippen LogP) is 2.99. The van der Waals surface area contributed by atoms with Crippen molar-refractivity contribution in [2.75, 3.05) is 25.5 Å². The van der Waals surface area contributed by atoms with Gasteiger partial charge in [0.15, 0.2) is 0 Å². The van der Waals surface area contributed by atoms with Crippen molar-refractivity contribution < 1.29 is 0 Å². The molecule has 1 fully saturated rings. The zero-order valence-corrected chi connectivity index (χ0v) is 14.8. The van der Waals surface area contributed by atoms with E-state index in [9.17, 15) is 0 Å². The molecule has 0 amide bonds. The molecule has 4 rings (SSSR count). The number of hydrogen-bond donors (Lipinski definition) is 1. The number of aromatic nitrogens is 4. The van der Waals surface area contributed by atoms with Gasteiger partial charge in [-0.25, -0.2) is 4.98 Å². The summed E-state index contributed by atoms with van der Waals surface area (Å²) in [5.41, 5.74) is 0.952. The van der Waals surface area contributed by atoms with E-state index >= 15 is 0 Å². The Hall–Kier alpha value is -1.99. The summed E-state index contributed by atoms with van der Waals surface area (Å²) in [6.07, 6.45) is 4.04. The van der Waals surface area contributed by atoms with Gasteiger partial charge in [-0.3, -0.25) is 4.90 Å². The van der Waals surface area contributed by atoms with Crippen LogP contribution >= 0.6 is 11.3 Å². The summed E-state index contributed by atoms with van der Waals surface area (Å²) >= 11 is 1.86. The molecule has 1 aliphatic heterocycles. The summed E-state index contributed by atoms with van der Waals surface area (Å²) in [7, 11) is 2.24. The molecule has 1 N–H and O–H groups in total. The van der Waals surface area contributed by atoms with E-state index in [4.69, 9.17) is 0 Å². The van der Waals surface area contributed by atoms with Crippen molar-refractivity contribution in [1.82, 2.24) is 24.5 Å². The summed E-state index contributed by atoms with van der Waals surface area (Å²) in [6.45, 7) is 4.08. The normalized spacial score (nSPS) is 22.1. The van der Waals surface area contributed by atoms with E-state index in [2.05, 4.69) is 49.8 Å². The number of fused-ring (bicyclic) bond motifs is 1. The first-order valence-corrected chi connectivity index (χ1v) is 9.25. The van der Waals surface area contributed by atoms with E-state index in [0.717, 1.165) is 18.1 Å². The molecule has 3 aromatic heterocycles. The molecule has 126 valence electrons. The molecule has 0 aliphatic carbocycles. The maximum atomic E-state index is 4.40. The van der Waals surface area contributed by atoms with E-state index < -0.39 is 0 Å². The summed E-state index contributed by atoms with van der Waals surface area (Å²) in [5, 5.41) is 10.0. The number of nitrogens with zero attached hydrogens (tertiary/aromatic N) is 5. The number of nitrogens with one attached hydrogen (secondary N) is 1. The second kappa shape index (κ2) is 6.49. The highest BCUT2D eigenvalue weighted by molar-refractivity contribution is 7.10. The quantitative estimate of drug-likeness (QED) is 0.790. The molecule has 0 radical (unpaired) electrons. The van der Waals surface area contributed by atoms with Crippen LogP contribution in [0.4, 0.5) is 5.82 Å². The fourth-order valence-electron chi connectivity index (χ4n) is 3.67. The van der Waals surface area contributed by atoms with Crippen LogP contribution in [0.2, 0.25) is 0 Å². The zero-order chi connectivity index (χ0) is 16.5. The lowest BCUT2D eigenvalue weighted by Gasteiger charge is -2.39. The third-order valence-corrected chi connectivity index (χ3v) is 5.71. The van der Waals surface area contributed by atoms with Crippen molar-refractivity contribution in [3.8, 4) is 0 Å². The van der Waals surface area contributed by atoms with Gasteiger partial charge in [-0.15, -0.1) is 11.3 Å². The molecule has 6 nitrogen and oxygen atoms in total. The molecule has 0 spiro atoms. The molecule has 2 unspecified atom stereocenters. The largest absolute Gasteiger partial charge is 0.369 e. The van der Waals surface area contributed by atoms with E-state index in [-0.39, 0.29) is 0 Å². The fraction of sp³-hybridized carbons (Fsp3) is 0.471. The van der Waals surface area contributed by atoms with Gasteiger partial charge >= 0.3 is 0 Å². The van der Waals surface area contributed by atoms with Crippen LogP contribution in [-0.2, 0) is 0 Å². The Morgan fingerprint density at radius 1 is 1.42 bits per heavy atom. The standard InChI is InChI=1S/C17H22N6S/c1-12-9-15(23-17(21-12)19-11-20-23)18-10-13-5-3-7-22(2)16(13)14-6-4-8-24-14/h4,6,8-9,11,13,16,18H,3,5,7,10H2,1-2H3. The van der Waals surface area contributed by atoms with Crippen LogP contribution in [0.5, 0.6) is 0 Å². The van der Waals surface area contributed by atoms with Crippen molar-refractivity contribution >= 4 is 22.9 Å². The highest BCUT2D eigenvalue weighted by atomic mass is 32.1. The Kier molecular flexibility index (Phi) is 4.20. The lowest BCUT2D eigenvalue weighted by Crippen LogP contribution is -2.38. The molecule has 24 heavy (non-hydrogen) atoms. The molecule has 1 aliphatic rings. The number of aryl methyl sites for hydroxylation is 1. The van der Waals surface area contributed by atoms with E-state index in [1.54, 1.807) is 10.8 Å². The SMILES string of the molecule is Cc1cc(NCC2CCCN(C)C2c2cccs2)n2ncnc2n1. The number of hydrogen-bond acceptors (Lipinski definition) is 6. The van der Waals surface area contributed by atoms with Crippen LogP contribution in [0.25, 0.3) is 5.78 Å². The van der Waals surface area contributed by atoms with Gasteiger partial charge in [0.2, 0.25) is 0 Å². The average Bonchev–Trinajstić information content (AvgIpc) is 3.23. The minimum atomic E-state index is 0.487. The van der Waals surface area contributed by atoms with Crippen molar-refractivity contribution in [1.29, 1.82) is 0 Å². The van der Waals surface area contributed by atoms with Crippen LogP contribution in [-0.4, -0.2) is 44.6 Å². The Labute approximate surface area is 145 Å². The monoisotopic (exact) mass is 342 g/mol. The van der Waals surface area contributed by atoms with Gasteiger partial charge in [-0.2, -0.15) is 14.6 Å². The molecule has 1 saturated heterocycles. The second-order valence-corrected chi connectivity index (χ2v) is 7.46. The number of likely N-dealkylation sites (tertiary alicyclic amines) is 1. The maximum absolute atomic E-state index is 4.40. The minimum absolute atomic E-state index is 0.487. The van der Waals surface area contributed by atoms with Crippen LogP contribution in [0.3, 0.4) is 0 Å². The van der Waals surface area contributed by atoms with Crippen LogP contribution in [0.1, 0.15) is 29.5 Å². The Balaban J connectivity index is 1.56. The maximum Gasteiger partial charge on any atom is 0.254 e. The highest BCUT2D eigenvalue weighted by Crippen LogP contribution is 2.37. The summed E-state index contributed by atoms with van der Waals surface area (Å²) in [4.78, 5) is 12.5. The summed E-state index contributed by atoms with van der Waals surface area (Å²) in [5.74, 6) is 2.19. The molecular weight excluding hydrogens is 320 g/mol. The number of rotatable bonds is 4. The van der Waals surface area contributed by atoms with Gasteiger partial charge in [-0.05, 0) is 50.7 Å². The zero-order valence-electron chi connectivity index (χ0n) is 14.0. The lowest BCUT2D eigenvalue weighted by atomic mass is 9.88. The van der Waals surface area contributed by atoms with Gasteiger partial charge < -0.3 is 5.32 Å². The Bertz CT molecular complexity index is 812. The molecule has 3 aromatic rings. The average molecular weight is 342 g/mol. The van der Waals surface area contributed by atoms with Crippen LogP contribution in [0, 0.1) is 12.8 Å². The molecule has 0 saturated carbocycles. The lowest BCUT2D eigenvalue weighted by molar-refractivity contribution is 0.130. The van der Waals surface area contributed by atoms with Crippen LogP contribution < -0.4 is 5.32 Å². The second-order valence-electron chi connectivity index (χ2n) is 6.48.